The van der Waals surface area contributed by atoms with Crippen LogP contribution in [0.1, 0.15) is 65.2 Å². The third-order valence-corrected chi connectivity index (χ3v) is 3.98. The van der Waals surface area contributed by atoms with E-state index >= 15 is 0 Å². The number of aliphatic carboxylic acids is 1. The Balaban J connectivity index is 3.97. The van der Waals surface area contributed by atoms with Gasteiger partial charge in [0.05, 0.1) is 27.6 Å². The van der Waals surface area contributed by atoms with E-state index in [-0.39, 0.29) is 12.4 Å². The summed E-state index contributed by atoms with van der Waals surface area (Å²) in [5, 5.41) is 8.93. The Hall–Kier alpha value is -1.10. The molecule has 0 aromatic carbocycles. The molecule has 2 atom stereocenters. The third kappa shape index (κ3) is 14.2. The van der Waals surface area contributed by atoms with Gasteiger partial charge in [0, 0.05) is 6.42 Å². The summed E-state index contributed by atoms with van der Waals surface area (Å²) >= 11 is 0. The van der Waals surface area contributed by atoms with E-state index in [0.717, 1.165) is 25.2 Å². The molecule has 0 aliphatic carbocycles. The van der Waals surface area contributed by atoms with Crippen LogP contribution in [0, 0.1) is 5.92 Å². The molecule has 0 aliphatic rings. The maximum Gasteiger partial charge on any atom is 0.307 e. The molecular weight excluding hydrogens is 294 g/mol. The number of carbonyl (C=O) groups is 2. The van der Waals surface area contributed by atoms with Crippen LogP contribution in [-0.4, -0.2) is 55.3 Å². The van der Waals surface area contributed by atoms with E-state index in [9.17, 15) is 9.59 Å². The number of nitrogens with zero attached hydrogens (tertiary/aromatic N) is 1. The first-order valence-corrected chi connectivity index (χ1v) is 8.85. The summed E-state index contributed by atoms with van der Waals surface area (Å²) in [6.45, 7) is 4.99. The summed E-state index contributed by atoms with van der Waals surface area (Å²) in [6.07, 6.45) is 6.41. The molecule has 0 amide bonds. The van der Waals surface area contributed by atoms with Crippen molar-refractivity contribution < 1.29 is 23.9 Å². The van der Waals surface area contributed by atoms with Crippen LogP contribution in [0.3, 0.4) is 0 Å². The Morgan fingerprint density at radius 3 is 2.22 bits per heavy atom. The summed E-state index contributed by atoms with van der Waals surface area (Å²) in [7, 11) is 5.87. The number of likely N-dealkylation sites (N-methyl/N-ethyl adjacent to an activating group) is 1. The molecule has 0 aromatic rings. The van der Waals surface area contributed by atoms with E-state index in [4.69, 9.17) is 9.84 Å². The van der Waals surface area contributed by atoms with Gasteiger partial charge in [0.2, 0.25) is 0 Å². The van der Waals surface area contributed by atoms with E-state index in [0.29, 0.717) is 17.4 Å². The lowest BCUT2D eigenvalue weighted by molar-refractivity contribution is -0.873. The molecule has 1 N–H and O–H groups in total. The molecule has 0 spiro atoms. The lowest BCUT2D eigenvalue weighted by atomic mass is 10.00. The Morgan fingerprint density at radius 1 is 1.09 bits per heavy atom. The van der Waals surface area contributed by atoms with Gasteiger partial charge in [-0.15, -0.1) is 0 Å². The van der Waals surface area contributed by atoms with E-state index < -0.39 is 12.1 Å². The fourth-order valence-corrected chi connectivity index (χ4v) is 2.51. The summed E-state index contributed by atoms with van der Waals surface area (Å²) in [5.41, 5.74) is 0. The highest BCUT2D eigenvalue weighted by Crippen LogP contribution is 2.14. The predicted molar refractivity (Wildman–Crippen MR) is 92.2 cm³/mol. The molecule has 0 heterocycles. The molecular formula is C18H36NO4+. The van der Waals surface area contributed by atoms with Gasteiger partial charge in [0.25, 0.3) is 0 Å². The molecule has 136 valence electrons. The Morgan fingerprint density at radius 2 is 1.70 bits per heavy atom. The number of rotatable bonds is 13. The van der Waals surface area contributed by atoms with Gasteiger partial charge in [-0.25, -0.2) is 0 Å². The Labute approximate surface area is 141 Å². The molecule has 0 aromatic heterocycles. The second kappa shape index (κ2) is 11.4. The van der Waals surface area contributed by atoms with Gasteiger partial charge in [-0.05, 0) is 12.3 Å². The fourth-order valence-electron chi connectivity index (χ4n) is 2.51. The van der Waals surface area contributed by atoms with Crippen LogP contribution in [0.4, 0.5) is 0 Å². The maximum atomic E-state index is 11.9. The molecule has 0 saturated heterocycles. The topological polar surface area (TPSA) is 63.6 Å². The molecule has 5 nitrogen and oxygen atoms in total. The van der Waals surface area contributed by atoms with Gasteiger partial charge in [-0.1, -0.05) is 46.0 Å². The normalized spacial score (nSPS) is 14.3. The van der Waals surface area contributed by atoms with Gasteiger partial charge in [0.1, 0.15) is 6.54 Å². The minimum absolute atomic E-state index is 0.129. The number of hydrogen-bond acceptors (Lipinski definition) is 3. The van der Waals surface area contributed by atoms with Crippen LogP contribution in [0.15, 0.2) is 0 Å². The van der Waals surface area contributed by atoms with E-state index in [1.807, 2.05) is 21.1 Å². The lowest BCUT2D eigenvalue weighted by Gasteiger charge is -2.28. The van der Waals surface area contributed by atoms with Gasteiger partial charge in [-0.2, -0.15) is 0 Å². The number of hydrogen-bond donors (Lipinski definition) is 1. The SMILES string of the molecule is CCC(C)CCCCCCC(=O)OC(CC(=O)O)C[N+](C)(C)C. The van der Waals surface area contributed by atoms with Crippen LogP contribution in [0.2, 0.25) is 0 Å². The summed E-state index contributed by atoms with van der Waals surface area (Å²) in [5.74, 6) is -0.416. The molecule has 0 rings (SSSR count). The predicted octanol–water partition coefficient (Wildman–Crippen LogP) is 3.47. The average molecular weight is 330 g/mol. The highest BCUT2D eigenvalue weighted by Gasteiger charge is 2.24. The van der Waals surface area contributed by atoms with Crippen LogP contribution in [0.25, 0.3) is 0 Å². The van der Waals surface area contributed by atoms with Crippen molar-refractivity contribution >= 4 is 11.9 Å². The number of quaternary nitrogens is 1. The first-order chi connectivity index (χ1) is 10.6. The standard InChI is InChI=1S/C18H35NO4/c1-6-15(2)11-9-7-8-10-12-18(22)23-16(13-17(20)21)14-19(3,4)5/h15-16H,6-14H2,1-5H3/p+1. The highest BCUT2D eigenvalue weighted by atomic mass is 16.5. The molecule has 0 radical (unpaired) electrons. The van der Waals surface area contributed by atoms with Gasteiger partial charge in [-0.3, -0.25) is 9.59 Å². The summed E-state index contributed by atoms with van der Waals surface area (Å²) < 4.78 is 5.93. The number of carboxylic acid groups (broad SMARTS) is 1. The number of unbranched alkanes of at least 4 members (excludes halogenated alkanes) is 3. The number of ether oxygens (including phenoxy) is 1. The van der Waals surface area contributed by atoms with Crippen LogP contribution in [-0.2, 0) is 14.3 Å². The zero-order valence-corrected chi connectivity index (χ0v) is 15.6. The largest absolute Gasteiger partial charge is 0.481 e. The molecule has 5 heteroatoms. The number of esters is 1. The van der Waals surface area contributed by atoms with Crippen LogP contribution in [0.5, 0.6) is 0 Å². The zero-order valence-electron chi connectivity index (χ0n) is 15.6. The molecule has 0 bridgehead atoms. The van der Waals surface area contributed by atoms with E-state index in [2.05, 4.69) is 13.8 Å². The highest BCUT2D eigenvalue weighted by molar-refractivity contribution is 5.71. The van der Waals surface area contributed by atoms with Crippen LogP contribution >= 0.6 is 0 Å². The van der Waals surface area contributed by atoms with Gasteiger partial charge in [0.15, 0.2) is 6.10 Å². The minimum atomic E-state index is -0.929. The Kier molecular flexibility index (Phi) is 10.9. The van der Waals surface area contributed by atoms with Crippen molar-refractivity contribution in [3.05, 3.63) is 0 Å². The number of carboxylic acids is 1. The minimum Gasteiger partial charge on any atom is -0.481 e. The average Bonchev–Trinajstić information content (AvgIpc) is 2.39. The van der Waals surface area contributed by atoms with Crippen molar-refractivity contribution in [3.63, 3.8) is 0 Å². The van der Waals surface area contributed by atoms with Crippen molar-refractivity contribution in [1.82, 2.24) is 0 Å². The summed E-state index contributed by atoms with van der Waals surface area (Å²) in [4.78, 5) is 22.8. The van der Waals surface area contributed by atoms with E-state index in [1.54, 1.807) is 0 Å². The van der Waals surface area contributed by atoms with Crippen molar-refractivity contribution in [2.24, 2.45) is 5.92 Å². The molecule has 0 aliphatic heterocycles. The monoisotopic (exact) mass is 330 g/mol. The van der Waals surface area contributed by atoms with Crippen molar-refractivity contribution in [2.45, 2.75) is 71.3 Å². The quantitative estimate of drug-likeness (QED) is 0.319. The molecule has 2 unspecified atom stereocenters. The third-order valence-electron chi connectivity index (χ3n) is 3.98. The second-order valence-corrected chi connectivity index (χ2v) is 7.65. The molecule has 0 fully saturated rings. The second-order valence-electron chi connectivity index (χ2n) is 7.65. The van der Waals surface area contributed by atoms with Crippen LogP contribution < -0.4 is 0 Å². The first kappa shape index (κ1) is 21.9. The Bertz CT molecular complexity index is 349. The smallest absolute Gasteiger partial charge is 0.307 e. The first-order valence-electron chi connectivity index (χ1n) is 8.85. The van der Waals surface area contributed by atoms with Crippen molar-refractivity contribution in [2.75, 3.05) is 27.7 Å². The van der Waals surface area contributed by atoms with Gasteiger partial charge < -0.3 is 14.3 Å². The van der Waals surface area contributed by atoms with Gasteiger partial charge >= 0.3 is 11.9 Å². The number of carbonyl (C=O) groups excluding carboxylic acids is 1. The fraction of sp³-hybridized carbons (Fsp3) is 0.889. The maximum absolute atomic E-state index is 11.9. The van der Waals surface area contributed by atoms with Crippen molar-refractivity contribution in [3.8, 4) is 0 Å². The summed E-state index contributed by atoms with van der Waals surface area (Å²) in [6, 6.07) is 0. The molecule has 23 heavy (non-hydrogen) atoms. The van der Waals surface area contributed by atoms with Crippen molar-refractivity contribution in [1.29, 1.82) is 0 Å². The molecule has 0 saturated carbocycles. The lowest BCUT2D eigenvalue weighted by Crippen LogP contribution is -2.43. The zero-order chi connectivity index (χ0) is 17.9. The van der Waals surface area contributed by atoms with E-state index in [1.165, 1.54) is 19.3 Å².